The third-order valence-corrected chi connectivity index (χ3v) is 4.87. The van der Waals surface area contributed by atoms with Gasteiger partial charge in [-0.05, 0) is 24.3 Å². The molecule has 0 saturated carbocycles. The van der Waals surface area contributed by atoms with Crippen molar-refractivity contribution < 1.29 is 23.1 Å². The van der Waals surface area contributed by atoms with Gasteiger partial charge in [0, 0.05) is 29.4 Å². The third kappa shape index (κ3) is 4.38. The Labute approximate surface area is 161 Å². The quantitative estimate of drug-likeness (QED) is 0.497. The maximum Gasteiger partial charge on any atom is 0.433 e. The number of H-pyrrole nitrogens is 1. The van der Waals surface area contributed by atoms with Crippen molar-refractivity contribution in [3.8, 4) is 11.3 Å². The van der Waals surface area contributed by atoms with Crippen LogP contribution < -0.4 is 11.1 Å². The van der Waals surface area contributed by atoms with Gasteiger partial charge in [-0.25, -0.2) is 4.98 Å². The van der Waals surface area contributed by atoms with Crippen LogP contribution in [0.2, 0.25) is 0 Å². The van der Waals surface area contributed by atoms with Crippen molar-refractivity contribution in [2.24, 2.45) is 5.73 Å². The molecule has 0 aliphatic heterocycles. The number of hydrogen-bond donors (Lipinski definition) is 4. The van der Waals surface area contributed by atoms with Crippen molar-refractivity contribution in [1.29, 1.82) is 0 Å². The highest BCUT2D eigenvalue weighted by molar-refractivity contribution is 7.09. The van der Waals surface area contributed by atoms with Gasteiger partial charge in [-0.15, -0.1) is 11.3 Å². The minimum atomic E-state index is -4.51. The molecule has 3 heterocycles. The zero-order chi connectivity index (χ0) is 20.3. The van der Waals surface area contributed by atoms with Gasteiger partial charge in [-0.2, -0.15) is 13.2 Å². The van der Waals surface area contributed by atoms with Crippen LogP contribution in [0.25, 0.3) is 11.3 Å². The number of rotatable bonds is 6. The van der Waals surface area contributed by atoms with Crippen LogP contribution in [0.4, 0.5) is 13.2 Å². The highest BCUT2D eigenvalue weighted by Gasteiger charge is 2.32. The Kier molecular flexibility index (Phi) is 5.77. The van der Waals surface area contributed by atoms with Crippen molar-refractivity contribution in [2.45, 2.75) is 18.8 Å². The Morgan fingerprint density at radius 3 is 2.68 bits per heavy atom. The van der Waals surface area contributed by atoms with E-state index < -0.39 is 23.8 Å². The molecular formula is C17H16F3N5O2S. The molecule has 3 aromatic heterocycles. The monoisotopic (exact) mass is 411 g/mol. The number of aliphatic hydroxyl groups excluding tert-OH is 1. The van der Waals surface area contributed by atoms with Gasteiger partial charge in [0.15, 0.2) is 0 Å². The summed E-state index contributed by atoms with van der Waals surface area (Å²) in [6.07, 6.45) is -3.42. The van der Waals surface area contributed by atoms with Gasteiger partial charge >= 0.3 is 6.18 Å². The Hall–Kier alpha value is -2.76. The van der Waals surface area contributed by atoms with Crippen molar-refractivity contribution >= 4 is 17.2 Å². The molecule has 0 radical (unpaired) electrons. The number of alkyl halides is 3. The van der Waals surface area contributed by atoms with Crippen LogP contribution in [0.1, 0.15) is 32.9 Å². The number of aliphatic hydroxyl groups is 1. The molecule has 0 bridgehead atoms. The number of aromatic amines is 1. The lowest BCUT2D eigenvalue weighted by Gasteiger charge is -2.13. The Bertz CT molecular complexity index is 952. The number of amides is 1. The van der Waals surface area contributed by atoms with Crippen LogP contribution in [0.3, 0.4) is 0 Å². The maximum atomic E-state index is 12.6. The summed E-state index contributed by atoms with van der Waals surface area (Å²) in [7, 11) is 0. The highest BCUT2D eigenvalue weighted by atomic mass is 32.1. The number of nitrogens with zero attached hydrogens (tertiary/aromatic N) is 2. The SMILES string of the molecule is NCC(NC(=O)c1ccc(-c2ccc(C(F)(F)F)nc2)[nH]1)c1nc(CO)cs1. The van der Waals surface area contributed by atoms with E-state index >= 15 is 0 Å². The zero-order valence-electron chi connectivity index (χ0n) is 14.3. The molecule has 1 atom stereocenters. The molecule has 3 rings (SSSR count). The molecule has 0 fully saturated rings. The van der Waals surface area contributed by atoms with E-state index in [1.165, 1.54) is 23.5 Å². The topological polar surface area (TPSA) is 117 Å². The third-order valence-electron chi connectivity index (χ3n) is 3.87. The highest BCUT2D eigenvalue weighted by Crippen LogP contribution is 2.29. The number of hydrogen-bond acceptors (Lipinski definition) is 6. The fraction of sp³-hybridized carbons (Fsp3) is 0.235. The van der Waals surface area contributed by atoms with Gasteiger partial charge < -0.3 is 21.1 Å². The molecule has 0 aliphatic carbocycles. The summed E-state index contributed by atoms with van der Waals surface area (Å²) in [5.74, 6) is -0.442. The van der Waals surface area contributed by atoms with Gasteiger partial charge in [0.1, 0.15) is 16.4 Å². The number of nitrogens with two attached hydrogens (primary N) is 1. The molecule has 7 nitrogen and oxygen atoms in total. The summed E-state index contributed by atoms with van der Waals surface area (Å²) in [6, 6.07) is 4.71. The largest absolute Gasteiger partial charge is 0.433 e. The first-order valence-corrected chi connectivity index (χ1v) is 8.98. The second-order valence-electron chi connectivity index (χ2n) is 5.81. The first kappa shape index (κ1) is 20.0. The predicted octanol–water partition coefficient (Wildman–Crippen LogP) is 2.47. The normalized spacial score (nSPS) is 12.8. The number of nitrogens with one attached hydrogen (secondary N) is 2. The fourth-order valence-corrected chi connectivity index (χ4v) is 3.30. The molecule has 0 aliphatic rings. The van der Waals surface area contributed by atoms with Crippen LogP contribution in [0.15, 0.2) is 35.8 Å². The lowest BCUT2D eigenvalue weighted by Crippen LogP contribution is -2.33. The van der Waals surface area contributed by atoms with Crippen molar-refractivity contribution in [1.82, 2.24) is 20.3 Å². The van der Waals surface area contributed by atoms with Crippen LogP contribution in [0, 0.1) is 0 Å². The Morgan fingerprint density at radius 1 is 1.32 bits per heavy atom. The molecule has 0 saturated heterocycles. The van der Waals surface area contributed by atoms with Crippen LogP contribution >= 0.6 is 11.3 Å². The van der Waals surface area contributed by atoms with Gasteiger partial charge in [-0.3, -0.25) is 9.78 Å². The second-order valence-corrected chi connectivity index (χ2v) is 6.70. The van der Waals surface area contributed by atoms with Crippen LogP contribution in [0.5, 0.6) is 0 Å². The van der Waals surface area contributed by atoms with Crippen LogP contribution in [-0.4, -0.2) is 32.5 Å². The average molecular weight is 411 g/mol. The molecular weight excluding hydrogens is 395 g/mol. The summed E-state index contributed by atoms with van der Waals surface area (Å²) in [4.78, 5) is 22.9. The molecule has 28 heavy (non-hydrogen) atoms. The van der Waals surface area contributed by atoms with E-state index in [9.17, 15) is 18.0 Å². The smallest absolute Gasteiger partial charge is 0.390 e. The first-order chi connectivity index (χ1) is 13.3. The molecule has 0 aromatic carbocycles. The number of pyridine rings is 1. The summed E-state index contributed by atoms with van der Waals surface area (Å²) >= 11 is 1.27. The average Bonchev–Trinajstić information content (AvgIpc) is 3.35. The number of thiazole rings is 1. The zero-order valence-corrected chi connectivity index (χ0v) is 15.1. The number of halogens is 3. The molecule has 148 valence electrons. The molecule has 11 heteroatoms. The summed E-state index contributed by atoms with van der Waals surface area (Å²) in [6.45, 7) is -0.0938. The van der Waals surface area contributed by atoms with E-state index in [1.807, 2.05) is 0 Å². The van der Waals surface area contributed by atoms with Gasteiger partial charge in [0.25, 0.3) is 5.91 Å². The number of carbonyl (C=O) groups excluding carboxylic acids is 1. The minimum Gasteiger partial charge on any atom is -0.390 e. The minimum absolute atomic E-state index is 0.112. The summed E-state index contributed by atoms with van der Waals surface area (Å²) < 4.78 is 37.8. The van der Waals surface area contributed by atoms with Gasteiger partial charge in [-0.1, -0.05) is 0 Å². The lowest BCUT2D eigenvalue weighted by molar-refractivity contribution is -0.141. The van der Waals surface area contributed by atoms with E-state index in [-0.39, 0.29) is 18.8 Å². The van der Waals surface area contributed by atoms with Crippen LogP contribution in [-0.2, 0) is 12.8 Å². The molecule has 1 unspecified atom stereocenters. The van der Waals surface area contributed by atoms with E-state index in [0.29, 0.717) is 22.0 Å². The van der Waals surface area contributed by atoms with E-state index in [1.54, 1.807) is 11.4 Å². The van der Waals surface area contributed by atoms with Crippen molar-refractivity contribution in [3.63, 3.8) is 0 Å². The predicted molar refractivity (Wildman–Crippen MR) is 96.3 cm³/mol. The first-order valence-electron chi connectivity index (χ1n) is 8.10. The standard InChI is InChI=1S/C17H16F3N5O2S/c18-17(19,20)14-4-1-9(6-22-14)11-2-3-12(24-11)15(27)25-13(5-21)16-23-10(7-26)8-28-16/h1-4,6,8,13,24,26H,5,7,21H2,(H,25,27). The van der Waals surface area contributed by atoms with E-state index in [4.69, 9.17) is 10.8 Å². The number of carbonyl (C=O) groups is 1. The van der Waals surface area contributed by atoms with Crippen molar-refractivity contribution in [2.75, 3.05) is 6.54 Å². The lowest BCUT2D eigenvalue weighted by atomic mass is 10.2. The molecule has 1 amide bonds. The van der Waals surface area contributed by atoms with Gasteiger partial charge in [0.2, 0.25) is 0 Å². The van der Waals surface area contributed by atoms with E-state index in [0.717, 1.165) is 12.3 Å². The Morgan fingerprint density at radius 2 is 2.11 bits per heavy atom. The molecule has 5 N–H and O–H groups in total. The molecule has 0 spiro atoms. The fourth-order valence-electron chi connectivity index (χ4n) is 2.43. The van der Waals surface area contributed by atoms with Gasteiger partial charge in [0.05, 0.1) is 18.3 Å². The summed E-state index contributed by atoms with van der Waals surface area (Å²) in [5, 5.41) is 14.1. The summed E-state index contributed by atoms with van der Waals surface area (Å²) in [5.41, 5.74) is 6.29. The maximum absolute atomic E-state index is 12.6. The Balaban J connectivity index is 1.72. The number of aromatic nitrogens is 3. The van der Waals surface area contributed by atoms with Crippen molar-refractivity contribution in [3.05, 3.63) is 57.9 Å². The molecule has 3 aromatic rings. The second kappa shape index (κ2) is 8.09. The van der Waals surface area contributed by atoms with E-state index in [2.05, 4.69) is 20.3 Å².